The summed E-state index contributed by atoms with van der Waals surface area (Å²) in [7, 11) is 0. The van der Waals surface area contributed by atoms with Gasteiger partial charge in [-0.15, -0.1) is 0 Å². The van der Waals surface area contributed by atoms with Crippen molar-refractivity contribution in [2.24, 2.45) is 5.73 Å². The zero-order valence-corrected chi connectivity index (χ0v) is 11.4. The lowest BCUT2D eigenvalue weighted by Crippen LogP contribution is -2.43. The van der Waals surface area contributed by atoms with Gasteiger partial charge >= 0.3 is 5.97 Å². The van der Waals surface area contributed by atoms with Crippen LogP contribution in [0, 0.1) is 0 Å². The number of hydrogen-bond donors (Lipinski definition) is 3. The predicted octanol–water partition coefficient (Wildman–Crippen LogP) is 0.794. The molecule has 0 fully saturated rings. The lowest BCUT2D eigenvalue weighted by atomic mass is 10.2. The number of aliphatic carboxylic acids is 1. The number of halogens is 2. The van der Waals surface area contributed by atoms with Crippen LogP contribution in [0.15, 0.2) is 16.5 Å². The first kappa shape index (κ1) is 17.0. The Bertz CT molecular complexity index is 534. The molecule has 1 aromatic heterocycles. The lowest BCUT2D eigenvalue weighted by Gasteiger charge is -2.11. The largest absolute Gasteiger partial charge is 0.480 e. The molecule has 2 amide bonds. The van der Waals surface area contributed by atoms with Crippen LogP contribution in [-0.2, 0) is 15.3 Å². The normalized spacial score (nSPS) is 12.1. The fraction of sp³-hybridized carbons (Fsp3) is 0.364. The monoisotopic (exact) mass is 322 g/mol. The van der Waals surface area contributed by atoms with Gasteiger partial charge in [0.1, 0.15) is 11.8 Å². The van der Waals surface area contributed by atoms with E-state index in [1.807, 2.05) is 0 Å². The molecule has 1 heterocycles. The Balaban J connectivity index is 2.65. The van der Waals surface area contributed by atoms with Crippen molar-refractivity contribution in [3.63, 3.8) is 0 Å². The molecule has 0 aliphatic rings. The van der Waals surface area contributed by atoms with Gasteiger partial charge in [-0.05, 0) is 12.1 Å². The fourth-order valence-corrected chi connectivity index (χ4v) is 1.80. The first-order valence-electron chi connectivity index (χ1n) is 5.60. The summed E-state index contributed by atoms with van der Waals surface area (Å²) in [5.74, 6) is -5.99. The van der Waals surface area contributed by atoms with Crippen molar-refractivity contribution in [1.82, 2.24) is 5.32 Å². The number of hydrogen-bond acceptors (Lipinski definition) is 5. The average Bonchev–Trinajstić information content (AvgIpc) is 2.83. The number of primary amides is 1. The third-order valence-electron chi connectivity index (χ3n) is 2.25. The van der Waals surface area contributed by atoms with E-state index >= 15 is 0 Å². The highest BCUT2D eigenvalue weighted by molar-refractivity contribution is 7.98. The van der Waals surface area contributed by atoms with E-state index in [0.29, 0.717) is 11.8 Å². The van der Waals surface area contributed by atoms with E-state index < -0.39 is 36.0 Å². The third kappa shape index (κ3) is 5.81. The van der Waals surface area contributed by atoms with Gasteiger partial charge in [-0.1, -0.05) is 11.8 Å². The molecule has 0 bridgehead atoms. The number of carbonyl (C=O) groups is 3. The molecule has 1 rings (SSSR count). The highest BCUT2D eigenvalue weighted by Gasteiger charge is 2.24. The number of alkyl halides is 2. The predicted molar refractivity (Wildman–Crippen MR) is 68.7 cm³/mol. The summed E-state index contributed by atoms with van der Waals surface area (Å²) in [6, 6.07) is 1.06. The Morgan fingerprint density at radius 1 is 1.38 bits per heavy atom. The Labute approximate surface area is 121 Å². The van der Waals surface area contributed by atoms with Gasteiger partial charge in [0, 0.05) is 0 Å². The summed E-state index contributed by atoms with van der Waals surface area (Å²) in [5, 5.41) is 10.9. The smallest absolute Gasteiger partial charge is 0.326 e. The number of carbonyl (C=O) groups excluding carboxylic acids is 2. The van der Waals surface area contributed by atoms with Gasteiger partial charge in [0.05, 0.1) is 12.2 Å². The van der Waals surface area contributed by atoms with Crippen molar-refractivity contribution < 1.29 is 32.7 Å². The van der Waals surface area contributed by atoms with Crippen molar-refractivity contribution in [3.05, 3.63) is 23.7 Å². The van der Waals surface area contributed by atoms with Crippen LogP contribution in [0.2, 0.25) is 0 Å². The Morgan fingerprint density at radius 2 is 2.05 bits per heavy atom. The molecular weight excluding hydrogens is 310 g/mol. The maximum atomic E-state index is 12.0. The van der Waals surface area contributed by atoms with Crippen LogP contribution in [0.3, 0.4) is 0 Å². The summed E-state index contributed by atoms with van der Waals surface area (Å²) in [6.07, 6.45) is -0.574. The number of carboxylic acids is 1. The van der Waals surface area contributed by atoms with Crippen LogP contribution < -0.4 is 11.1 Å². The van der Waals surface area contributed by atoms with Gasteiger partial charge in [0.25, 0.3) is 11.7 Å². The number of thioether (sulfide) groups is 1. The molecule has 0 radical (unpaired) electrons. The van der Waals surface area contributed by atoms with E-state index in [2.05, 4.69) is 5.32 Å². The number of carboxylic acid groups (broad SMARTS) is 1. The maximum Gasteiger partial charge on any atom is 0.326 e. The first-order valence-corrected chi connectivity index (χ1v) is 6.65. The van der Waals surface area contributed by atoms with Gasteiger partial charge in [-0.25, -0.2) is 4.79 Å². The number of rotatable bonds is 8. The second-order valence-electron chi connectivity index (χ2n) is 3.87. The molecule has 0 saturated carbocycles. The molecule has 4 N–H and O–H groups in total. The van der Waals surface area contributed by atoms with Crippen molar-refractivity contribution >= 4 is 29.5 Å². The minimum Gasteiger partial charge on any atom is -0.480 e. The Morgan fingerprint density at radius 3 is 2.57 bits per heavy atom. The van der Waals surface area contributed by atoms with Gasteiger partial charge in [0.15, 0.2) is 5.76 Å². The summed E-state index contributed by atoms with van der Waals surface area (Å²) in [6.45, 7) is 0. The quantitative estimate of drug-likeness (QED) is 0.650. The van der Waals surface area contributed by atoms with E-state index in [-0.39, 0.29) is 17.3 Å². The third-order valence-corrected chi connectivity index (χ3v) is 2.95. The second kappa shape index (κ2) is 7.62. The summed E-state index contributed by atoms with van der Waals surface area (Å²) < 4.78 is 29.0. The number of nitrogens with two attached hydrogens (primary N) is 1. The molecule has 116 valence electrons. The lowest BCUT2D eigenvalue weighted by molar-refractivity contribution is -0.140. The zero-order chi connectivity index (χ0) is 16.0. The molecule has 0 aliphatic carbocycles. The van der Waals surface area contributed by atoms with E-state index in [9.17, 15) is 23.2 Å². The van der Waals surface area contributed by atoms with Crippen LogP contribution in [0.1, 0.15) is 22.7 Å². The molecule has 0 saturated heterocycles. The zero-order valence-electron chi connectivity index (χ0n) is 10.5. The second-order valence-corrected chi connectivity index (χ2v) is 4.85. The van der Waals surface area contributed by atoms with E-state index in [1.54, 1.807) is 0 Å². The van der Waals surface area contributed by atoms with Crippen LogP contribution in [0.5, 0.6) is 0 Å². The average molecular weight is 322 g/mol. The summed E-state index contributed by atoms with van der Waals surface area (Å²) in [4.78, 5) is 33.3. The molecule has 1 aromatic rings. The van der Waals surface area contributed by atoms with E-state index in [4.69, 9.17) is 15.3 Å². The SMILES string of the molecule is NC(=O)C[C@H](NC(=O)c1ccc(CSC(F)F)o1)C(=O)O. The maximum absolute atomic E-state index is 12.0. The number of furan rings is 1. The highest BCUT2D eigenvalue weighted by atomic mass is 32.2. The van der Waals surface area contributed by atoms with Crippen molar-refractivity contribution in [3.8, 4) is 0 Å². The van der Waals surface area contributed by atoms with Crippen molar-refractivity contribution in [1.29, 1.82) is 0 Å². The molecule has 10 heteroatoms. The number of nitrogens with one attached hydrogen (secondary N) is 1. The molecule has 1 atom stereocenters. The molecule has 21 heavy (non-hydrogen) atoms. The fourth-order valence-electron chi connectivity index (χ4n) is 1.35. The van der Waals surface area contributed by atoms with E-state index in [1.165, 1.54) is 12.1 Å². The Kier molecular flexibility index (Phi) is 6.15. The molecule has 0 unspecified atom stereocenters. The van der Waals surface area contributed by atoms with Gasteiger partial charge in [-0.3, -0.25) is 9.59 Å². The van der Waals surface area contributed by atoms with E-state index in [0.717, 1.165) is 0 Å². The van der Waals surface area contributed by atoms with Crippen molar-refractivity contribution in [2.45, 2.75) is 24.0 Å². The van der Waals surface area contributed by atoms with Gasteiger partial charge < -0.3 is 20.6 Å². The molecule has 7 nitrogen and oxygen atoms in total. The van der Waals surface area contributed by atoms with Crippen LogP contribution >= 0.6 is 11.8 Å². The van der Waals surface area contributed by atoms with Crippen LogP contribution in [-0.4, -0.2) is 34.7 Å². The minimum absolute atomic E-state index is 0.130. The first-order chi connectivity index (χ1) is 9.79. The molecule has 0 aliphatic heterocycles. The number of amides is 2. The molecule has 0 spiro atoms. The summed E-state index contributed by atoms with van der Waals surface area (Å²) >= 11 is 0.323. The van der Waals surface area contributed by atoms with Crippen LogP contribution in [0.25, 0.3) is 0 Å². The highest BCUT2D eigenvalue weighted by Crippen LogP contribution is 2.21. The van der Waals surface area contributed by atoms with Crippen molar-refractivity contribution in [2.75, 3.05) is 0 Å². The standard InChI is InChI=1S/C11H12F2N2O5S/c12-11(13)21-4-5-1-2-7(20-5)9(17)15-6(10(18)19)3-8(14)16/h1-2,6,11H,3-4H2,(H2,14,16)(H,15,17)(H,18,19)/t6-/m0/s1. The Hall–Kier alpha value is -2.10. The topological polar surface area (TPSA) is 123 Å². The minimum atomic E-state index is -2.57. The van der Waals surface area contributed by atoms with Gasteiger partial charge in [-0.2, -0.15) is 8.78 Å². The van der Waals surface area contributed by atoms with Gasteiger partial charge in [0.2, 0.25) is 5.91 Å². The molecular formula is C11H12F2N2O5S. The van der Waals surface area contributed by atoms with Crippen LogP contribution in [0.4, 0.5) is 8.78 Å². The summed E-state index contributed by atoms with van der Waals surface area (Å²) in [5.41, 5.74) is 4.87. The molecule has 0 aromatic carbocycles.